The molecule has 1 aromatic rings. The molecular weight excluding hydrogens is 325 g/mol. The van der Waals surface area contributed by atoms with Crippen LogP contribution in [0.2, 0.25) is 0 Å². The molecule has 23 heavy (non-hydrogen) atoms. The molecule has 8 heteroatoms. The minimum absolute atomic E-state index is 0.144. The second-order valence-electron chi connectivity index (χ2n) is 5.46. The molecule has 1 rings (SSSR count). The summed E-state index contributed by atoms with van der Waals surface area (Å²) < 4.78 is 42.4. The molecular formula is C15H20FNO5S. The van der Waals surface area contributed by atoms with Crippen molar-refractivity contribution in [1.29, 1.82) is 0 Å². The number of hydrogen-bond donors (Lipinski definition) is 0. The number of halogens is 1. The fraction of sp³-hybridized carbons (Fsp3) is 0.467. The Morgan fingerprint density at radius 2 is 1.87 bits per heavy atom. The summed E-state index contributed by atoms with van der Waals surface area (Å²) in [5, 5.41) is 0. The molecule has 0 spiro atoms. The summed E-state index contributed by atoms with van der Waals surface area (Å²) in [6, 6.07) is 3.02. The van der Waals surface area contributed by atoms with Crippen LogP contribution in [-0.4, -0.2) is 50.6 Å². The topological polar surface area (TPSA) is 80.8 Å². The molecule has 0 fully saturated rings. The number of hydrogen-bond acceptors (Lipinski definition) is 5. The van der Waals surface area contributed by atoms with Crippen LogP contribution < -0.4 is 0 Å². The Hall–Kier alpha value is -1.96. The van der Waals surface area contributed by atoms with Gasteiger partial charge >= 0.3 is 5.97 Å². The van der Waals surface area contributed by atoms with Crippen molar-refractivity contribution in [2.75, 3.05) is 19.9 Å². The molecule has 0 aliphatic rings. The van der Waals surface area contributed by atoms with E-state index in [0.717, 1.165) is 23.1 Å². The number of ether oxygens (including phenoxy) is 1. The van der Waals surface area contributed by atoms with E-state index in [1.54, 1.807) is 0 Å². The van der Waals surface area contributed by atoms with E-state index < -0.39 is 38.6 Å². The Balaban J connectivity index is 3.33. The van der Waals surface area contributed by atoms with Crippen molar-refractivity contribution in [1.82, 2.24) is 4.90 Å². The van der Waals surface area contributed by atoms with Crippen molar-refractivity contribution in [3.05, 3.63) is 29.6 Å². The lowest BCUT2D eigenvalue weighted by Crippen LogP contribution is -2.51. The normalized spacial score (nSPS) is 11.9. The van der Waals surface area contributed by atoms with Crippen molar-refractivity contribution in [2.24, 2.45) is 0 Å². The SMILES string of the molecule is CCS(=O)(=O)c1ccc(F)c(C(=O)N(C)C(C)(C)C(=O)OC)c1. The predicted octanol–water partition coefficient (Wildman–Crippen LogP) is 1.64. The van der Waals surface area contributed by atoms with Crippen molar-refractivity contribution >= 4 is 21.7 Å². The van der Waals surface area contributed by atoms with Crippen LogP contribution in [-0.2, 0) is 19.4 Å². The number of sulfone groups is 1. The molecule has 0 heterocycles. The van der Waals surface area contributed by atoms with Gasteiger partial charge in [-0.15, -0.1) is 0 Å². The maximum Gasteiger partial charge on any atom is 0.331 e. The van der Waals surface area contributed by atoms with Gasteiger partial charge in [-0.05, 0) is 32.0 Å². The summed E-state index contributed by atoms with van der Waals surface area (Å²) >= 11 is 0. The van der Waals surface area contributed by atoms with Crippen molar-refractivity contribution in [3.63, 3.8) is 0 Å². The quantitative estimate of drug-likeness (QED) is 0.599. The summed E-state index contributed by atoms with van der Waals surface area (Å²) in [7, 11) is -1.09. The summed E-state index contributed by atoms with van der Waals surface area (Å²) in [6.07, 6.45) is 0. The number of carbonyl (C=O) groups is 2. The Bertz CT molecular complexity index is 727. The monoisotopic (exact) mass is 345 g/mol. The number of esters is 1. The number of carbonyl (C=O) groups excluding carboxylic acids is 2. The van der Waals surface area contributed by atoms with Crippen LogP contribution in [0, 0.1) is 5.82 Å². The summed E-state index contributed by atoms with van der Waals surface area (Å²) in [5.74, 6) is -2.52. The van der Waals surface area contributed by atoms with Crippen LogP contribution in [0.15, 0.2) is 23.1 Å². The molecule has 0 aliphatic heterocycles. The lowest BCUT2D eigenvalue weighted by atomic mass is 10.0. The molecule has 0 aliphatic carbocycles. The smallest absolute Gasteiger partial charge is 0.331 e. The lowest BCUT2D eigenvalue weighted by molar-refractivity contribution is -0.150. The van der Waals surface area contributed by atoms with Gasteiger partial charge in [0.2, 0.25) is 0 Å². The molecule has 1 amide bonds. The molecule has 0 saturated heterocycles. The van der Waals surface area contributed by atoms with E-state index in [-0.39, 0.29) is 10.6 Å². The van der Waals surface area contributed by atoms with Gasteiger partial charge in [-0.25, -0.2) is 17.6 Å². The van der Waals surface area contributed by atoms with E-state index in [9.17, 15) is 22.4 Å². The van der Waals surface area contributed by atoms with Gasteiger partial charge in [-0.2, -0.15) is 0 Å². The molecule has 0 aromatic heterocycles. The van der Waals surface area contributed by atoms with Crippen molar-refractivity contribution < 1.29 is 27.1 Å². The van der Waals surface area contributed by atoms with Gasteiger partial charge in [0, 0.05) is 7.05 Å². The van der Waals surface area contributed by atoms with Gasteiger partial charge in [0.25, 0.3) is 5.91 Å². The first kappa shape index (κ1) is 19.1. The number of nitrogens with zero attached hydrogens (tertiary/aromatic N) is 1. The minimum atomic E-state index is -3.58. The van der Waals surface area contributed by atoms with E-state index in [4.69, 9.17) is 0 Å². The second-order valence-corrected chi connectivity index (χ2v) is 7.74. The highest BCUT2D eigenvalue weighted by molar-refractivity contribution is 7.91. The molecule has 0 radical (unpaired) electrons. The van der Waals surface area contributed by atoms with Gasteiger partial charge in [-0.1, -0.05) is 6.92 Å². The number of amides is 1. The van der Waals surface area contributed by atoms with Crippen molar-refractivity contribution in [3.8, 4) is 0 Å². The van der Waals surface area contributed by atoms with Crippen molar-refractivity contribution in [2.45, 2.75) is 31.2 Å². The molecule has 1 aromatic carbocycles. The first-order chi connectivity index (χ1) is 10.5. The summed E-state index contributed by atoms with van der Waals surface area (Å²) in [4.78, 5) is 25.1. The molecule has 0 unspecified atom stereocenters. The largest absolute Gasteiger partial charge is 0.467 e. The second kappa shape index (κ2) is 6.66. The molecule has 0 N–H and O–H groups in total. The van der Waals surface area contributed by atoms with Crippen LogP contribution >= 0.6 is 0 Å². The number of likely N-dealkylation sites (N-methyl/N-ethyl adjacent to an activating group) is 1. The van der Waals surface area contributed by atoms with Crippen LogP contribution in [0.4, 0.5) is 4.39 Å². The average Bonchev–Trinajstić information content (AvgIpc) is 2.52. The standard InChI is InChI=1S/C15H20FNO5S/c1-6-23(20,21)10-7-8-12(16)11(9-10)13(18)17(4)15(2,3)14(19)22-5/h7-9H,6H2,1-5H3. The number of rotatable bonds is 5. The van der Waals surface area contributed by atoms with Gasteiger partial charge in [0.15, 0.2) is 9.84 Å². The Morgan fingerprint density at radius 3 is 2.35 bits per heavy atom. The maximum atomic E-state index is 14.0. The third kappa shape index (κ3) is 3.69. The zero-order valence-electron chi connectivity index (χ0n) is 13.7. The molecule has 0 bridgehead atoms. The van der Waals surface area contributed by atoms with Crippen LogP contribution in [0.3, 0.4) is 0 Å². The highest BCUT2D eigenvalue weighted by Crippen LogP contribution is 2.22. The summed E-state index contributed by atoms with van der Waals surface area (Å²) in [5.41, 5.74) is -1.75. The zero-order valence-corrected chi connectivity index (χ0v) is 14.5. The third-order valence-corrected chi connectivity index (χ3v) is 5.47. The molecule has 0 atom stereocenters. The van der Waals surface area contributed by atoms with Gasteiger partial charge < -0.3 is 9.64 Å². The molecule has 6 nitrogen and oxygen atoms in total. The lowest BCUT2D eigenvalue weighted by Gasteiger charge is -2.33. The number of benzene rings is 1. The van der Waals surface area contributed by atoms with E-state index in [0.29, 0.717) is 0 Å². The predicted molar refractivity (Wildman–Crippen MR) is 82.3 cm³/mol. The highest BCUT2D eigenvalue weighted by Gasteiger charge is 2.37. The Kier molecular flexibility index (Phi) is 5.52. The number of methoxy groups -OCH3 is 1. The third-order valence-electron chi connectivity index (χ3n) is 3.74. The minimum Gasteiger partial charge on any atom is -0.467 e. The van der Waals surface area contributed by atoms with Crippen LogP contribution in [0.25, 0.3) is 0 Å². The van der Waals surface area contributed by atoms with Crippen LogP contribution in [0.1, 0.15) is 31.1 Å². The van der Waals surface area contributed by atoms with E-state index in [2.05, 4.69) is 4.74 Å². The highest BCUT2D eigenvalue weighted by atomic mass is 32.2. The zero-order chi connectivity index (χ0) is 18.0. The Labute approximate surface area is 135 Å². The fourth-order valence-corrected chi connectivity index (χ4v) is 2.76. The maximum absolute atomic E-state index is 14.0. The molecule has 128 valence electrons. The Morgan fingerprint density at radius 1 is 1.30 bits per heavy atom. The first-order valence-electron chi connectivity index (χ1n) is 6.88. The fourth-order valence-electron chi connectivity index (χ4n) is 1.85. The van der Waals surface area contributed by atoms with Gasteiger partial charge in [0.05, 0.1) is 23.3 Å². The average molecular weight is 345 g/mol. The van der Waals surface area contributed by atoms with E-state index in [1.165, 1.54) is 34.9 Å². The van der Waals surface area contributed by atoms with Gasteiger partial charge in [0.1, 0.15) is 11.4 Å². The van der Waals surface area contributed by atoms with E-state index in [1.807, 2.05) is 0 Å². The molecule has 0 saturated carbocycles. The van der Waals surface area contributed by atoms with Crippen LogP contribution in [0.5, 0.6) is 0 Å². The first-order valence-corrected chi connectivity index (χ1v) is 8.53. The van der Waals surface area contributed by atoms with Gasteiger partial charge in [-0.3, -0.25) is 4.79 Å². The van der Waals surface area contributed by atoms with E-state index >= 15 is 0 Å². The summed E-state index contributed by atoms with van der Waals surface area (Å²) in [6.45, 7) is 4.34.